The van der Waals surface area contributed by atoms with Gasteiger partial charge in [-0.15, -0.1) is 0 Å². The highest BCUT2D eigenvalue weighted by atomic mass is 16.4. The maximum Gasteiger partial charge on any atom is 0.303 e. The molecule has 2 atom stereocenters. The summed E-state index contributed by atoms with van der Waals surface area (Å²) in [5, 5.41) is 11.4. The van der Waals surface area contributed by atoms with Crippen molar-refractivity contribution in [2.75, 3.05) is 6.54 Å². The van der Waals surface area contributed by atoms with Crippen molar-refractivity contribution in [1.82, 2.24) is 5.32 Å². The largest absolute Gasteiger partial charge is 0.481 e. The van der Waals surface area contributed by atoms with Gasteiger partial charge in [0.2, 0.25) is 5.91 Å². The van der Waals surface area contributed by atoms with Gasteiger partial charge in [-0.05, 0) is 25.7 Å². The third-order valence-corrected chi connectivity index (χ3v) is 3.77. The Balaban J connectivity index is 2.14. The van der Waals surface area contributed by atoms with Crippen molar-refractivity contribution in [2.24, 2.45) is 11.7 Å². The number of nitrogens with one attached hydrogen (secondary N) is 1. The van der Waals surface area contributed by atoms with Gasteiger partial charge in [-0.1, -0.05) is 25.7 Å². The van der Waals surface area contributed by atoms with Crippen molar-refractivity contribution in [3.05, 3.63) is 0 Å². The van der Waals surface area contributed by atoms with Crippen molar-refractivity contribution in [3.63, 3.8) is 0 Å². The zero-order chi connectivity index (χ0) is 14.1. The number of nitrogens with two attached hydrogens (primary N) is 1. The van der Waals surface area contributed by atoms with Crippen LogP contribution in [0.15, 0.2) is 0 Å². The van der Waals surface area contributed by atoms with E-state index in [4.69, 9.17) is 10.8 Å². The Morgan fingerprint density at radius 1 is 1.11 bits per heavy atom. The molecule has 0 heterocycles. The normalized spacial score (nSPS) is 23.6. The van der Waals surface area contributed by atoms with Gasteiger partial charge in [0, 0.05) is 19.0 Å². The second-order valence-electron chi connectivity index (χ2n) is 5.40. The Morgan fingerprint density at radius 2 is 1.84 bits per heavy atom. The van der Waals surface area contributed by atoms with Crippen LogP contribution in [0.3, 0.4) is 0 Å². The summed E-state index contributed by atoms with van der Waals surface area (Å²) in [6.45, 7) is 0.627. The molecular weight excluding hydrogens is 244 g/mol. The minimum absolute atomic E-state index is 0.00508. The molecule has 2 unspecified atom stereocenters. The lowest BCUT2D eigenvalue weighted by atomic mass is 9.94. The molecule has 1 aliphatic carbocycles. The van der Waals surface area contributed by atoms with Crippen molar-refractivity contribution in [2.45, 2.75) is 63.8 Å². The Morgan fingerprint density at radius 3 is 2.58 bits per heavy atom. The molecule has 0 bridgehead atoms. The topological polar surface area (TPSA) is 92.4 Å². The number of hydrogen-bond acceptors (Lipinski definition) is 3. The number of carboxylic acid groups (broad SMARTS) is 1. The van der Waals surface area contributed by atoms with Crippen LogP contribution in [-0.4, -0.2) is 29.6 Å². The number of rotatable bonds is 7. The molecule has 5 heteroatoms. The number of amides is 1. The first-order valence-corrected chi connectivity index (χ1v) is 7.36. The molecule has 0 aromatic heterocycles. The highest BCUT2D eigenvalue weighted by Crippen LogP contribution is 2.22. The molecule has 0 aliphatic heterocycles. The minimum atomic E-state index is -0.756. The van der Waals surface area contributed by atoms with Crippen LogP contribution < -0.4 is 11.1 Å². The van der Waals surface area contributed by atoms with Gasteiger partial charge in [-0.3, -0.25) is 9.59 Å². The summed E-state index contributed by atoms with van der Waals surface area (Å²) in [6, 6.07) is -0.00508. The molecule has 0 aromatic rings. The predicted molar refractivity (Wildman–Crippen MR) is 73.7 cm³/mol. The molecule has 1 saturated carbocycles. The van der Waals surface area contributed by atoms with Crippen LogP contribution >= 0.6 is 0 Å². The fourth-order valence-corrected chi connectivity index (χ4v) is 2.58. The van der Waals surface area contributed by atoms with Crippen molar-refractivity contribution >= 4 is 11.9 Å². The summed E-state index contributed by atoms with van der Waals surface area (Å²) >= 11 is 0. The Hall–Kier alpha value is -1.10. The maximum atomic E-state index is 12.0. The molecule has 1 fully saturated rings. The van der Waals surface area contributed by atoms with E-state index >= 15 is 0 Å². The first-order valence-electron chi connectivity index (χ1n) is 7.36. The molecule has 5 nitrogen and oxygen atoms in total. The summed E-state index contributed by atoms with van der Waals surface area (Å²) in [6.07, 6.45) is 7.78. The summed E-state index contributed by atoms with van der Waals surface area (Å²) in [4.78, 5) is 22.3. The molecule has 0 spiro atoms. The molecule has 0 aromatic carbocycles. The zero-order valence-corrected chi connectivity index (χ0v) is 11.6. The van der Waals surface area contributed by atoms with Crippen LogP contribution in [0.5, 0.6) is 0 Å². The first kappa shape index (κ1) is 16.0. The van der Waals surface area contributed by atoms with Gasteiger partial charge in [0.15, 0.2) is 0 Å². The Bertz CT molecular complexity index is 294. The average Bonchev–Trinajstić information content (AvgIpc) is 2.57. The third-order valence-electron chi connectivity index (χ3n) is 3.77. The highest BCUT2D eigenvalue weighted by Gasteiger charge is 2.26. The van der Waals surface area contributed by atoms with Crippen LogP contribution in [0.25, 0.3) is 0 Å². The molecular formula is C14H26N2O3. The van der Waals surface area contributed by atoms with Gasteiger partial charge in [-0.25, -0.2) is 0 Å². The van der Waals surface area contributed by atoms with Crippen LogP contribution in [0.4, 0.5) is 0 Å². The molecule has 0 radical (unpaired) electrons. The summed E-state index contributed by atoms with van der Waals surface area (Å²) in [5.41, 5.74) is 6.04. The van der Waals surface area contributed by atoms with Crippen LogP contribution in [0.1, 0.15) is 57.8 Å². The van der Waals surface area contributed by atoms with Gasteiger partial charge in [-0.2, -0.15) is 0 Å². The van der Waals surface area contributed by atoms with E-state index < -0.39 is 5.97 Å². The zero-order valence-electron chi connectivity index (χ0n) is 11.6. The van der Waals surface area contributed by atoms with Gasteiger partial charge >= 0.3 is 5.97 Å². The number of aliphatic carboxylic acids is 1. The molecule has 1 aliphatic rings. The lowest BCUT2D eigenvalue weighted by molar-refractivity contribution is -0.137. The highest BCUT2D eigenvalue weighted by molar-refractivity contribution is 5.79. The third kappa shape index (κ3) is 6.57. The SMILES string of the molecule is NC1CCCCCC1C(=O)NCCCCCC(=O)O. The van der Waals surface area contributed by atoms with Crippen LogP contribution in [0, 0.1) is 5.92 Å². The van der Waals surface area contributed by atoms with Crippen LogP contribution in [-0.2, 0) is 9.59 Å². The van der Waals surface area contributed by atoms with Gasteiger partial charge in [0.05, 0.1) is 5.92 Å². The van der Waals surface area contributed by atoms with E-state index in [9.17, 15) is 9.59 Å². The van der Waals surface area contributed by atoms with E-state index in [0.717, 1.165) is 38.5 Å². The van der Waals surface area contributed by atoms with E-state index in [-0.39, 0.29) is 24.3 Å². The molecule has 0 saturated heterocycles. The van der Waals surface area contributed by atoms with E-state index in [1.165, 1.54) is 6.42 Å². The fourth-order valence-electron chi connectivity index (χ4n) is 2.58. The summed E-state index contributed by atoms with van der Waals surface area (Å²) < 4.78 is 0. The van der Waals surface area contributed by atoms with Crippen LogP contribution in [0.2, 0.25) is 0 Å². The van der Waals surface area contributed by atoms with Crippen molar-refractivity contribution in [3.8, 4) is 0 Å². The van der Waals surface area contributed by atoms with Gasteiger partial charge in [0.1, 0.15) is 0 Å². The molecule has 1 rings (SSSR count). The number of unbranched alkanes of at least 4 members (excludes halogenated alkanes) is 2. The second-order valence-corrected chi connectivity index (χ2v) is 5.40. The lowest BCUT2D eigenvalue weighted by Crippen LogP contribution is -2.41. The maximum absolute atomic E-state index is 12.0. The average molecular weight is 270 g/mol. The van der Waals surface area contributed by atoms with Crippen molar-refractivity contribution in [1.29, 1.82) is 0 Å². The van der Waals surface area contributed by atoms with E-state index in [1.54, 1.807) is 0 Å². The Kier molecular flexibility index (Phi) is 7.48. The quantitative estimate of drug-likeness (QED) is 0.484. The molecule has 1 amide bonds. The number of hydrogen-bond donors (Lipinski definition) is 3. The number of carbonyl (C=O) groups excluding carboxylic acids is 1. The Labute approximate surface area is 114 Å². The van der Waals surface area contributed by atoms with E-state index in [1.807, 2.05) is 0 Å². The van der Waals surface area contributed by atoms with Crippen molar-refractivity contribution < 1.29 is 14.7 Å². The van der Waals surface area contributed by atoms with E-state index in [2.05, 4.69) is 5.32 Å². The number of carboxylic acids is 1. The smallest absolute Gasteiger partial charge is 0.303 e. The molecule has 4 N–H and O–H groups in total. The minimum Gasteiger partial charge on any atom is -0.481 e. The molecule has 19 heavy (non-hydrogen) atoms. The first-order chi connectivity index (χ1) is 9.11. The second kappa shape index (κ2) is 8.91. The lowest BCUT2D eigenvalue weighted by Gasteiger charge is -2.20. The summed E-state index contributed by atoms with van der Waals surface area (Å²) in [7, 11) is 0. The monoisotopic (exact) mass is 270 g/mol. The van der Waals surface area contributed by atoms with Gasteiger partial charge < -0.3 is 16.2 Å². The van der Waals surface area contributed by atoms with E-state index in [0.29, 0.717) is 13.0 Å². The van der Waals surface area contributed by atoms with Gasteiger partial charge in [0.25, 0.3) is 0 Å². The standard InChI is InChI=1S/C14H26N2O3/c15-12-8-4-1-3-7-11(12)14(19)16-10-6-2-5-9-13(17)18/h11-12H,1-10,15H2,(H,16,19)(H,17,18). The predicted octanol–water partition coefficient (Wildman–Crippen LogP) is 1.66. The fraction of sp³-hybridized carbons (Fsp3) is 0.857. The number of carbonyl (C=O) groups is 2. The summed E-state index contributed by atoms with van der Waals surface area (Å²) in [5.74, 6) is -0.720. The molecule has 110 valence electrons.